The van der Waals surface area contributed by atoms with Crippen LogP contribution in [0.2, 0.25) is 0 Å². The molecule has 2 aliphatic rings. The fourth-order valence-corrected chi connectivity index (χ4v) is 4.41. The first-order valence-electron chi connectivity index (χ1n) is 9.98. The van der Waals surface area contributed by atoms with Gasteiger partial charge in [0.15, 0.2) is 0 Å². The van der Waals surface area contributed by atoms with Crippen molar-refractivity contribution in [3.8, 4) is 0 Å². The van der Waals surface area contributed by atoms with Crippen molar-refractivity contribution in [3.05, 3.63) is 53.9 Å². The second kappa shape index (κ2) is 7.29. The van der Waals surface area contributed by atoms with Crippen molar-refractivity contribution in [1.82, 2.24) is 14.9 Å². The summed E-state index contributed by atoms with van der Waals surface area (Å²) in [5.74, 6) is 1.58. The lowest BCUT2D eigenvalue weighted by Crippen LogP contribution is -2.49. The maximum atomic E-state index is 13.4. The number of amides is 1. The molecule has 5 heteroatoms. The predicted molar refractivity (Wildman–Crippen MR) is 106 cm³/mol. The Balaban J connectivity index is 1.46. The van der Waals surface area contributed by atoms with E-state index in [1.165, 1.54) is 11.1 Å². The van der Waals surface area contributed by atoms with E-state index in [-0.39, 0.29) is 5.41 Å². The number of hydrogen-bond acceptors (Lipinski definition) is 4. The molecule has 0 radical (unpaired) electrons. The van der Waals surface area contributed by atoms with Gasteiger partial charge < -0.3 is 9.80 Å². The Morgan fingerprint density at radius 2 is 1.81 bits per heavy atom. The van der Waals surface area contributed by atoms with Gasteiger partial charge in [-0.3, -0.25) is 4.79 Å². The fraction of sp³-hybridized carbons (Fsp3) is 0.500. The first-order valence-corrected chi connectivity index (χ1v) is 9.98. The predicted octanol–water partition coefficient (Wildman–Crippen LogP) is 3.62. The lowest BCUT2D eigenvalue weighted by atomic mass is 9.78. The maximum absolute atomic E-state index is 13.4. The van der Waals surface area contributed by atoms with Gasteiger partial charge in [-0.25, -0.2) is 9.97 Å². The molecule has 0 bridgehead atoms. The summed E-state index contributed by atoms with van der Waals surface area (Å²) < 4.78 is 0. The second-order valence-corrected chi connectivity index (χ2v) is 8.23. The summed E-state index contributed by atoms with van der Waals surface area (Å²) in [5, 5.41) is 0. The van der Waals surface area contributed by atoms with Crippen molar-refractivity contribution in [2.24, 2.45) is 5.41 Å². The molecule has 2 aliphatic heterocycles. The molecular formula is C22H28N4O. The summed E-state index contributed by atoms with van der Waals surface area (Å²) in [7, 11) is 0. The highest BCUT2D eigenvalue weighted by molar-refractivity contribution is 5.85. The molecule has 1 aromatic heterocycles. The normalized spacial score (nSPS) is 22.9. The van der Waals surface area contributed by atoms with Crippen molar-refractivity contribution >= 4 is 11.9 Å². The van der Waals surface area contributed by atoms with Gasteiger partial charge in [-0.1, -0.05) is 38.1 Å². The molecule has 1 atom stereocenters. The summed E-state index contributed by atoms with van der Waals surface area (Å²) in [6, 6.07) is 10.5. The van der Waals surface area contributed by atoms with E-state index in [9.17, 15) is 4.79 Å². The summed E-state index contributed by atoms with van der Waals surface area (Å²) in [6.45, 7) is 7.56. The third kappa shape index (κ3) is 3.55. The quantitative estimate of drug-likeness (QED) is 0.831. The lowest BCUT2D eigenvalue weighted by molar-refractivity contribution is -0.145. The number of rotatable bonds is 4. The van der Waals surface area contributed by atoms with Gasteiger partial charge in [0.25, 0.3) is 0 Å². The number of benzene rings is 1. The van der Waals surface area contributed by atoms with Crippen LogP contribution >= 0.6 is 0 Å². The molecule has 0 saturated carbocycles. The third-order valence-corrected chi connectivity index (χ3v) is 6.03. The minimum absolute atomic E-state index is 0.269. The van der Waals surface area contributed by atoms with Crippen molar-refractivity contribution in [1.29, 1.82) is 0 Å². The van der Waals surface area contributed by atoms with Crippen LogP contribution < -0.4 is 4.90 Å². The Bertz CT molecular complexity index is 790. The first kappa shape index (κ1) is 18.0. The van der Waals surface area contributed by atoms with Gasteiger partial charge in [0.05, 0.1) is 5.41 Å². The number of piperidine rings is 1. The number of hydrogen-bond donors (Lipinski definition) is 0. The molecule has 3 heterocycles. The number of aromatic nitrogens is 2. The third-order valence-electron chi connectivity index (χ3n) is 6.03. The Labute approximate surface area is 161 Å². The minimum Gasteiger partial charge on any atom is -0.340 e. The van der Waals surface area contributed by atoms with Crippen molar-refractivity contribution in [2.75, 3.05) is 24.5 Å². The van der Waals surface area contributed by atoms with Gasteiger partial charge in [-0.05, 0) is 42.4 Å². The smallest absolute Gasteiger partial charge is 0.230 e. The first-order chi connectivity index (χ1) is 13.1. The van der Waals surface area contributed by atoms with E-state index in [0.717, 1.165) is 44.8 Å². The molecule has 142 valence electrons. The van der Waals surface area contributed by atoms with Crippen LogP contribution in [-0.2, 0) is 11.3 Å². The van der Waals surface area contributed by atoms with E-state index in [1.54, 1.807) is 12.4 Å². The minimum atomic E-state index is -0.269. The summed E-state index contributed by atoms with van der Waals surface area (Å²) in [6.07, 6.45) is 6.47. The molecule has 0 N–H and O–H groups in total. The summed E-state index contributed by atoms with van der Waals surface area (Å²) in [5.41, 5.74) is 2.29. The van der Waals surface area contributed by atoms with Crippen molar-refractivity contribution < 1.29 is 4.79 Å². The van der Waals surface area contributed by atoms with Crippen LogP contribution in [0.1, 0.15) is 50.2 Å². The molecule has 2 aromatic rings. The van der Waals surface area contributed by atoms with Crippen LogP contribution in [0, 0.1) is 5.41 Å². The highest BCUT2D eigenvalue weighted by atomic mass is 16.2. The zero-order chi connectivity index (χ0) is 18.9. The van der Waals surface area contributed by atoms with Gasteiger partial charge in [0, 0.05) is 38.6 Å². The van der Waals surface area contributed by atoms with E-state index in [0.29, 0.717) is 18.4 Å². The zero-order valence-electron chi connectivity index (χ0n) is 16.3. The molecular weight excluding hydrogens is 336 g/mol. The van der Waals surface area contributed by atoms with Crippen molar-refractivity contribution in [2.45, 2.75) is 45.6 Å². The van der Waals surface area contributed by atoms with Crippen LogP contribution in [0.15, 0.2) is 42.7 Å². The van der Waals surface area contributed by atoms with Gasteiger partial charge >= 0.3 is 0 Å². The van der Waals surface area contributed by atoms with E-state index >= 15 is 0 Å². The Morgan fingerprint density at radius 3 is 2.52 bits per heavy atom. The molecule has 0 aliphatic carbocycles. The Kier molecular flexibility index (Phi) is 4.85. The molecule has 27 heavy (non-hydrogen) atoms. The maximum Gasteiger partial charge on any atom is 0.230 e. The largest absolute Gasteiger partial charge is 0.340 e. The van der Waals surface area contributed by atoms with Crippen LogP contribution in [0.25, 0.3) is 0 Å². The molecule has 5 nitrogen and oxygen atoms in total. The number of likely N-dealkylation sites (tertiary alicyclic amines) is 1. The summed E-state index contributed by atoms with van der Waals surface area (Å²) in [4.78, 5) is 26.3. The highest BCUT2D eigenvalue weighted by Gasteiger charge is 2.48. The molecule has 1 unspecified atom stereocenters. The number of carbonyl (C=O) groups excluding carboxylic acids is 1. The van der Waals surface area contributed by atoms with Crippen LogP contribution in [-0.4, -0.2) is 40.4 Å². The van der Waals surface area contributed by atoms with Crippen LogP contribution in [0.3, 0.4) is 0 Å². The van der Waals surface area contributed by atoms with Crippen molar-refractivity contribution in [3.63, 3.8) is 0 Å². The van der Waals surface area contributed by atoms with E-state index in [1.807, 2.05) is 6.07 Å². The van der Waals surface area contributed by atoms with Gasteiger partial charge in [0.2, 0.25) is 11.9 Å². The average molecular weight is 364 g/mol. The molecule has 1 amide bonds. The van der Waals surface area contributed by atoms with E-state index in [4.69, 9.17) is 0 Å². The molecule has 1 aromatic carbocycles. The molecule has 2 saturated heterocycles. The van der Waals surface area contributed by atoms with Gasteiger partial charge in [0.1, 0.15) is 0 Å². The average Bonchev–Trinajstić information content (AvgIpc) is 3.12. The fourth-order valence-electron chi connectivity index (χ4n) is 4.41. The molecule has 1 spiro atoms. The monoisotopic (exact) mass is 364 g/mol. The van der Waals surface area contributed by atoms with Gasteiger partial charge in [-0.15, -0.1) is 0 Å². The van der Waals surface area contributed by atoms with Crippen LogP contribution in [0.5, 0.6) is 0 Å². The highest BCUT2D eigenvalue weighted by Crippen LogP contribution is 2.41. The zero-order valence-corrected chi connectivity index (χ0v) is 16.3. The topological polar surface area (TPSA) is 49.3 Å². The van der Waals surface area contributed by atoms with E-state index in [2.05, 4.69) is 57.9 Å². The summed E-state index contributed by atoms with van der Waals surface area (Å²) >= 11 is 0. The van der Waals surface area contributed by atoms with E-state index < -0.39 is 0 Å². The number of carbonyl (C=O) groups is 1. The standard InChI is InChI=1S/C22H28N4O/c1-17(2)19-7-5-18(6-8-19)15-25-13-3-9-22(20(25)27)10-14-26(16-22)21-23-11-4-12-24-21/h4-8,11-12,17H,3,9-10,13-16H2,1-2H3. The number of nitrogens with zero attached hydrogens (tertiary/aromatic N) is 4. The second-order valence-electron chi connectivity index (χ2n) is 8.23. The SMILES string of the molecule is CC(C)c1ccc(CN2CCCC3(CCN(c4ncccn4)C3)C2=O)cc1. The van der Waals surface area contributed by atoms with Crippen LogP contribution in [0.4, 0.5) is 5.95 Å². The molecule has 2 fully saturated rings. The Hall–Kier alpha value is -2.43. The Morgan fingerprint density at radius 1 is 1.07 bits per heavy atom. The lowest BCUT2D eigenvalue weighted by Gasteiger charge is -2.39. The number of anilines is 1. The van der Waals surface area contributed by atoms with Gasteiger partial charge in [-0.2, -0.15) is 0 Å². The molecule has 4 rings (SSSR count).